The third-order valence-corrected chi connectivity index (χ3v) is 8.76. The number of aliphatic hydroxyl groups is 1. The van der Waals surface area contributed by atoms with E-state index < -0.39 is 11.6 Å². The number of benzene rings is 1. The fraction of sp³-hybridized carbons (Fsp3) is 0.720. The summed E-state index contributed by atoms with van der Waals surface area (Å²) in [5.74, 6) is 1.48. The van der Waals surface area contributed by atoms with E-state index in [4.69, 9.17) is 5.11 Å². The minimum atomic E-state index is -0.712. The first kappa shape index (κ1) is 20.7. The topological polar surface area (TPSA) is 77.8 Å². The van der Waals surface area contributed by atoms with E-state index in [1.807, 2.05) is 12.1 Å². The Balaban J connectivity index is 1.41. The van der Waals surface area contributed by atoms with Crippen molar-refractivity contribution in [3.63, 3.8) is 0 Å². The fourth-order valence-electron chi connectivity index (χ4n) is 7.14. The molecule has 0 spiro atoms. The molecule has 3 aliphatic rings. The van der Waals surface area contributed by atoms with Crippen molar-refractivity contribution >= 4 is 5.97 Å². The highest BCUT2D eigenvalue weighted by atomic mass is 16.4. The summed E-state index contributed by atoms with van der Waals surface area (Å²) in [4.78, 5) is 10.6. The molecular weight excluding hydrogens is 364 g/mol. The number of unbranched alkanes of at least 4 members (excludes halogenated alkanes) is 3. The predicted molar refractivity (Wildman–Crippen MR) is 113 cm³/mol. The van der Waals surface area contributed by atoms with Crippen LogP contribution in [0.3, 0.4) is 0 Å². The van der Waals surface area contributed by atoms with E-state index in [1.165, 1.54) is 17.5 Å². The van der Waals surface area contributed by atoms with Crippen LogP contribution in [0.25, 0.3) is 0 Å². The molecule has 1 unspecified atom stereocenters. The molecule has 4 rings (SSSR count). The summed E-state index contributed by atoms with van der Waals surface area (Å²) in [5, 5.41) is 30.3. The number of rotatable bonds is 7. The van der Waals surface area contributed by atoms with Crippen molar-refractivity contribution < 1.29 is 20.1 Å². The second-order valence-corrected chi connectivity index (χ2v) is 10.1. The molecule has 1 aromatic carbocycles. The average molecular weight is 401 g/mol. The highest BCUT2D eigenvalue weighted by Gasteiger charge is 2.60. The highest BCUT2D eigenvalue weighted by molar-refractivity contribution is 5.66. The summed E-state index contributed by atoms with van der Waals surface area (Å²) in [6, 6.07) is 5.93. The molecule has 4 nitrogen and oxygen atoms in total. The molecule has 29 heavy (non-hydrogen) atoms. The summed E-state index contributed by atoms with van der Waals surface area (Å²) in [7, 11) is 0. The van der Waals surface area contributed by atoms with Crippen LogP contribution < -0.4 is 0 Å². The van der Waals surface area contributed by atoms with E-state index in [0.29, 0.717) is 23.5 Å². The van der Waals surface area contributed by atoms with Crippen molar-refractivity contribution in [2.24, 2.45) is 17.3 Å². The van der Waals surface area contributed by atoms with Gasteiger partial charge in [0.1, 0.15) is 5.75 Å². The van der Waals surface area contributed by atoms with Crippen LogP contribution >= 0.6 is 0 Å². The van der Waals surface area contributed by atoms with Gasteiger partial charge in [0.05, 0.1) is 5.60 Å². The summed E-state index contributed by atoms with van der Waals surface area (Å²) in [5.41, 5.74) is 2.20. The first-order valence-corrected chi connectivity index (χ1v) is 11.6. The van der Waals surface area contributed by atoms with Crippen molar-refractivity contribution in [1.82, 2.24) is 0 Å². The molecule has 0 heterocycles. The van der Waals surface area contributed by atoms with Gasteiger partial charge >= 0.3 is 5.97 Å². The summed E-state index contributed by atoms with van der Waals surface area (Å²) < 4.78 is 0. The van der Waals surface area contributed by atoms with Crippen molar-refractivity contribution in [2.75, 3.05) is 0 Å². The van der Waals surface area contributed by atoms with E-state index in [1.54, 1.807) is 0 Å². The summed E-state index contributed by atoms with van der Waals surface area (Å²) in [6.07, 6.45) is 11.3. The number of carboxylic acids is 1. The quantitative estimate of drug-likeness (QED) is 0.535. The zero-order valence-corrected chi connectivity index (χ0v) is 17.7. The zero-order chi connectivity index (χ0) is 20.6. The van der Waals surface area contributed by atoms with Gasteiger partial charge in [0.25, 0.3) is 0 Å². The van der Waals surface area contributed by atoms with Crippen LogP contribution in [0.5, 0.6) is 5.75 Å². The van der Waals surface area contributed by atoms with Gasteiger partial charge in [0.2, 0.25) is 0 Å². The van der Waals surface area contributed by atoms with Crippen molar-refractivity contribution in [3.05, 3.63) is 29.3 Å². The maximum Gasteiger partial charge on any atom is 0.303 e. The van der Waals surface area contributed by atoms with Gasteiger partial charge in [-0.25, -0.2) is 0 Å². The number of phenolic OH excluding ortho intramolecular Hbond substituents is 1. The Morgan fingerprint density at radius 3 is 2.69 bits per heavy atom. The Labute approximate surface area is 174 Å². The van der Waals surface area contributed by atoms with Crippen LogP contribution in [-0.4, -0.2) is 26.9 Å². The maximum atomic E-state index is 11.7. The first-order valence-electron chi connectivity index (χ1n) is 11.6. The van der Waals surface area contributed by atoms with Crippen LogP contribution in [0.2, 0.25) is 0 Å². The number of phenols is 1. The maximum absolute atomic E-state index is 11.7. The molecule has 2 fully saturated rings. The largest absolute Gasteiger partial charge is 0.508 e. The van der Waals surface area contributed by atoms with Crippen LogP contribution in [0.4, 0.5) is 0 Å². The first-order chi connectivity index (χ1) is 13.8. The van der Waals surface area contributed by atoms with Crippen LogP contribution in [-0.2, 0) is 11.2 Å². The monoisotopic (exact) mass is 400 g/mol. The molecule has 4 heteroatoms. The van der Waals surface area contributed by atoms with Crippen LogP contribution in [0, 0.1) is 17.3 Å². The van der Waals surface area contributed by atoms with E-state index in [9.17, 15) is 15.0 Å². The normalized spacial score (nSPS) is 35.6. The number of hydrogen-bond acceptors (Lipinski definition) is 3. The second-order valence-electron chi connectivity index (χ2n) is 10.1. The Bertz CT molecular complexity index is 759. The molecule has 0 aliphatic heterocycles. The third-order valence-electron chi connectivity index (χ3n) is 8.76. The second kappa shape index (κ2) is 7.94. The molecule has 3 N–H and O–H groups in total. The Morgan fingerprint density at radius 2 is 1.90 bits per heavy atom. The van der Waals surface area contributed by atoms with Gasteiger partial charge < -0.3 is 15.3 Å². The lowest BCUT2D eigenvalue weighted by molar-refractivity contribution is -0.137. The van der Waals surface area contributed by atoms with Crippen molar-refractivity contribution in [1.29, 1.82) is 0 Å². The zero-order valence-electron chi connectivity index (χ0n) is 17.7. The molecule has 160 valence electrons. The summed E-state index contributed by atoms with van der Waals surface area (Å²) >= 11 is 0. The number of carboxylic acid groups (broad SMARTS) is 1. The number of fused-ring (bicyclic) bond motifs is 5. The lowest BCUT2D eigenvalue weighted by Crippen LogP contribution is -2.50. The molecule has 0 aromatic heterocycles. The van der Waals surface area contributed by atoms with Gasteiger partial charge in [-0.3, -0.25) is 4.79 Å². The lowest BCUT2D eigenvalue weighted by Gasteiger charge is -2.53. The average Bonchev–Trinajstić information content (AvgIpc) is 2.95. The Morgan fingerprint density at radius 1 is 1.10 bits per heavy atom. The van der Waals surface area contributed by atoms with Crippen molar-refractivity contribution in [3.8, 4) is 5.75 Å². The van der Waals surface area contributed by atoms with Gasteiger partial charge in [-0.15, -0.1) is 0 Å². The standard InChI is InChI=1S/C25H36O4/c1-24-14-11-20-19-10-8-18(26)16-17(19)7-9-21(20)22(24)12-15-25(24,29)13-5-3-2-4-6-23(27)28/h8,10,16,20-22,26,29H,2-7,9,11-15H2,1H3,(H,27,28)/t20-,21-,22+,24+,25?/m1/s1. The minimum absolute atomic E-state index is 0.00362. The van der Waals surface area contributed by atoms with Crippen molar-refractivity contribution in [2.45, 2.75) is 95.5 Å². The number of aryl methyl sites for hydroxylation is 1. The Hall–Kier alpha value is -1.55. The van der Waals surface area contributed by atoms with E-state index in [-0.39, 0.29) is 11.8 Å². The predicted octanol–water partition coefficient (Wildman–Crippen LogP) is 5.40. The smallest absolute Gasteiger partial charge is 0.303 e. The minimum Gasteiger partial charge on any atom is -0.508 e. The number of aromatic hydroxyl groups is 1. The molecule has 2 saturated carbocycles. The highest BCUT2D eigenvalue weighted by Crippen LogP contribution is 2.65. The molecule has 0 amide bonds. The fourth-order valence-corrected chi connectivity index (χ4v) is 7.14. The summed E-state index contributed by atoms with van der Waals surface area (Å²) in [6.45, 7) is 2.34. The SMILES string of the molecule is C[C@]12CC[C@@H]3c4ccc(O)cc4CC[C@H]3[C@@H]1CCC2(O)CCCCCCC(=O)O. The van der Waals surface area contributed by atoms with Gasteiger partial charge in [0.15, 0.2) is 0 Å². The molecule has 0 radical (unpaired) electrons. The molecular formula is C25H36O4. The number of aliphatic carboxylic acids is 1. The number of hydrogen-bond donors (Lipinski definition) is 3. The van der Waals surface area contributed by atoms with Crippen LogP contribution in [0.15, 0.2) is 18.2 Å². The molecule has 1 aromatic rings. The van der Waals surface area contributed by atoms with E-state index in [0.717, 1.165) is 64.2 Å². The molecule has 0 saturated heterocycles. The van der Waals surface area contributed by atoms with Gasteiger partial charge in [-0.05, 0) is 97.8 Å². The van der Waals surface area contributed by atoms with Gasteiger partial charge in [0, 0.05) is 6.42 Å². The van der Waals surface area contributed by atoms with E-state index >= 15 is 0 Å². The molecule has 3 aliphatic carbocycles. The van der Waals surface area contributed by atoms with Crippen LogP contribution in [0.1, 0.15) is 94.6 Å². The van der Waals surface area contributed by atoms with Gasteiger partial charge in [-0.2, -0.15) is 0 Å². The Kier molecular flexibility index (Phi) is 5.67. The van der Waals surface area contributed by atoms with E-state index in [2.05, 4.69) is 13.0 Å². The molecule has 5 atom stereocenters. The lowest BCUT2D eigenvalue weighted by atomic mass is 9.53. The molecule has 0 bridgehead atoms. The third kappa shape index (κ3) is 3.69. The number of carbonyl (C=O) groups is 1. The van der Waals surface area contributed by atoms with Gasteiger partial charge in [-0.1, -0.05) is 32.3 Å².